The van der Waals surface area contributed by atoms with Gasteiger partial charge in [0, 0.05) is 33.0 Å². The Balaban J connectivity index is 1.16. The summed E-state index contributed by atoms with van der Waals surface area (Å²) in [5, 5.41) is 4.73. The van der Waals surface area contributed by atoms with Crippen molar-refractivity contribution in [1.29, 1.82) is 0 Å². The molecule has 1 aliphatic rings. The topological polar surface area (TPSA) is 16.4 Å². The molecule has 0 saturated carbocycles. The average molecular weight is 730 g/mol. The third kappa shape index (κ3) is 5.25. The van der Waals surface area contributed by atoms with Crippen LogP contribution in [0.3, 0.4) is 0 Å². The van der Waals surface area contributed by atoms with Gasteiger partial charge in [0.05, 0.1) is 11.4 Å². The van der Waals surface area contributed by atoms with E-state index in [1.165, 1.54) is 55.3 Å². The van der Waals surface area contributed by atoms with E-state index in [1.54, 1.807) is 0 Å². The average Bonchev–Trinajstić information content (AvgIpc) is 3.75. The molecule has 0 amide bonds. The first-order chi connectivity index (χ1) is 28.0. The molecule has 2 heteroatoms. The molecule has 11 rings (SSSR count). The quantitative estimate of drug-likeness (QED) is 0.169. The minimum absolute atomic E-state index is 0.106. The van der Waals surface area contributed by atoms with Crippen LogP contribution >= 0.6 is 0 Å². The Morgan fingerprint density at radius 2 is 0.965 bits per heavy atom. The third-order valence-electron chi connectivity index (χ3n) is 12.1. The van der Waals surface area contributed by atoms with Crippen molar-refractivity contribution in [3.8, 4) is 44.5 Å². The predicted octanol–water partition coefficient (Wildman–Crippen LogP) is 15.5. The van der Waals surface area contributed by atoms with E-state index in [2.05, 4.69) is 207 Å². The molecule has 9 aromatic carbocycles. The fourth-order valence-electron chi connectivity index (χ4n) is 9.38. The van der Waals surface area contributed by atoms with Crippen molar-refractivity contribution in [2.75, 3.05) is 4.90 Å². The summed E-state index contributed by atoms with van der Waals surface area (Å²) >= 11 is 0. The summed E-state index contributed by atoms with van der Waals surface area (Å²) in [5.41, 5.74) is 17.3. The number of nitrogens with zero attached hydrogens (tertiary/aromatic N) is 1. The number of anilines is 3. The lowest BCUT2D eigenvalue weighted by Crippen LogP contribution is -2.15. The Morgan fingerprint density at radius 3 is 1.84 bits per heavy atom. The first kappa shape index (κ1) is 33.2. The Morgan fingerprint density at radius 1 is 0.386 bits per heavy atom. The normalized spacial score (nSPS) is 12.9. The van der Waals surface area contributed by atoms with Crippen molar-refractivity contribution in [3.05, 3.63) is 211 Å². The van der Waals surface area contributed by atoms with Crippen molar-refractivity contribution in [3.63, 3.8) is 0 Å². The first-order valence-electron chi connectivity index (χ1n) is 19.8. The van der Waals surface area contributed by atoms with Gasteiger partial charge in [-0.05, 0) is 97.7 Å². The molecule has 0 aliphatic heterocycles. The zero-order valence-corrected chi connectivity index (χ0v) is 31.9. The van der Waals surface area contributed by atoms with E-state index in [0.29, 0.717) is 0 Å². The van der Waals surface area contributed by atoms with Crippen molar-refractivity contribution in [1.82, 2.24) is 0 Å². The zero-order chi connectivity index (χ0) is 38.1. The van der Waals surface area contributed by atoms with Crippen molar-refractivity contribution < 1.29 is 4.42 Å². The van der Waals surface area contributed by atoms with E-state index in [4.69, 9.17) is 4.42 Å². The molecule has 270 valence electrons. The lowest BCUT2D eigenvalue weighted by atomic mass is 9.82. The van der Waals surface area contributed by atoms with Gasteiger partial charge in [0.15, 0.2) is 0 Å². The molecule has 0 fully saturated rings. The van der Waals surface area contributed by atoms with Crippen LogP contribution in [0.15, 0.2) is 205 Å². The molecule has 0 N–H and O–H groups in total. The van der Waals surface area contributed by atoms with E-state index < -0.39 is 0 Å². The van der Waals surface area contributed by atoms with Crippen LogP contribution in [0.1, 0.15) is 25.0 Å². The smallest absolute Gasteiger partial charge is 0.136 e. The number of benzene rings is 9. The van der Waals surface area contributed by atoms with Crippen molar-refractivity contribution >= 4 is 49.8 Å². The lowest BCUT2D eigenvalue weighted by molar-refractivity contribution is 0.660. The van der Waals surface area contributed by atoms with Gasteiger partial charge in [-0.15, -0.1) is 0 Å². The summed E-state index contributed by atoms with van der Waals surface area (Å²) in [4.78, 5) is 2.47. The fraction of sp³-hybridized carbons (Fsp3) is 0.0545. The first-order valence-corrected chi connectivity index (χ1v) is 19.8. The number of hydrogen-bond donors (Lipinski definition) is 0. The van der Waals surface area contributed by atoms with Gasteiger partial charge in [-0.3, -0.25) is 0 Å². The fourth-order valence-corrected chi connectivity index (χ4v) is 9.38. The summed E-state index contributed by atoms with van der Waals surface area (Å²) in [6.07, 6.45) is 0. The second kappa shape index (κ2) is 13.0. The zero-order valence-electron chi connectivity index (χ0n) is 31.9. The molecule has 1 heterocycles. The van der Waals surface area contributed by atoms with Gasteiger partial charge >= 0.3 is 0 Å². The molecular formula is C55H39NO. The Hall–Kier alpha value is -7.16. The van der Waals surface area contributed by atoms with Gasteiger partial charge in [-0.2, -0.15) is 0 Å². The summed E-state index contributed by atoms with van der Waals surface area (Å²) in [7, 11) is 0. The van der Waals surface area contributed by atoms with E-state index in [1.807, 2.05) is 12.1 Å². The molecule has 0 bridgehead atoms. The van der Waals surface area contributed by atoms with Crippen LogP contribution in [0, 0.1) is 0 Å². The summed E-state index contributed by atoms with van der Waals surface area (Å²) < 4.78 is 6.44. The van der Waals surface area contributed by atoms with Gasteiger partial charge in [-0.25, -0.2) is 0 Å². The van der Waals surface area contributed by atoms with E-state index in [9.17, 15) is 0 Å². The molecule has 0 saturated heterocycles. The maximum atomic E-state index is 6.44. The predicted molar refractivity (Wildman–Crippen MR) is 240 cm³/mol. The third-order valence-corrected chi connectivity index (χ3v) is 12.1. The highest BCUT2D eigenvalue weighted by Gasteiger charge is 2.37. The number of furan rings is 1. The van der Waals surface area contributed by atoms with Gasteiger partial charge in [-0.1, -0.05) is 172 Å². The molecule has 0 spiro atoms. The van der Waals surface area contributed by atoms with Crippen molar-refractivity contribution in [2.24, 2.45) is 0 Å². The van der Waals surface area contributed by atoms with Gasteiger partial charge in [0.1, 0.15) is 11.2 Å². The van der Waals surface area contributed by atoms with Crippen molar-refractivity contribution in [2.45, 2.75) is 19.3 Å². The van der Waals surface area contributed by atoms with Crippen LogP contribution in [0.2, 0.25) is 0 Å². The highest BCUT2D eigenvalue weighted by atomic mass is 16.3. The largest absolute Gasteiger partial charge is 0.456 e. The van der Waals surface area contributed by atoms with Crippen LogP contribution in [0.4, 0.5) is 17.1 Å². The Bertz CT molecular complexity index is 3180. The van der Waals surface area contributed by atoms with Gasteiger partial charge < -0.3 is 9.32 Å². The minimum atomic E-state index is -0.106. The highest BCUT2D eigenvalue weighted by Crippen LogP contribution is 2.54. The van der Waals surface area contributed by atoms with Gasteiger partial charge in [0.2, 0.25) is 0 Å². The molecule has 10 aromatic rings. The molecular weight excluding hydrogens is 691 g/mol. The summed E-state index contributed by atoms with van der Waals surface area (Å²) in [6.45, 7) is 4.71. The van der Waals surface area contributed by atoms with Crippen LogP contribution in [0.5, 0.6) is 0 Å². The van der Waals surface area contributed by atoms with Gasteiger partial charge in [0.25, 0.3) is 0 Å². The van der Waals surface area contributed by atoms with E-state index >= 15 is 0 Å². The van der Waals surface area contributed by atoms with Crippen LogP contribution in [-0.4, -0.2) is 0 Å². The van der Waals surface area contributed by atoms with Crippen LogP contribution < -0.4 is 4.90 Å². The van der Waals surface area contributed by atoms with Crippen LogP contribution in [0.25, 0.3) is 77.2 Å². The highest BCUT2D eigenvalue weighted by molar-refractivity contribution is 6.07. The van der Waals surface area contributed by atoms with E-state index in [0.717, 1.165) is 50.1 Å². The Kier molecular flexibility index (Phi) is 7.55. The standard InChI is InChI=1S/C55H39NO/c1-55(2)48-27-9-5-24-47(48)54-46(26-15-28-49(54)55)43-22-7-11-30-51(43)56(39-19-13-18-37(34-39)41-25-14-17-36-16-3-4-20-40(36)41)50-29-10-6-21-42(50)38-32-33-45-44-23-8-12-31-52(44)57-53(45)35-38/h3-35H,1-2H3. The monoisotopic (exact) mass is 729 g/mol. The molecule has 2 nitrogen and oxygen atoms in total. The maximum Gasteiger partial charge on any atom is 0.136 e. The number of rotatable bonds is 6. The van der Waals surface area contributed by atoms with E-state index in [-0.39, 0.29) is 5.41 Å². The molecule has 0 atom stereocenters. The number of fused-ring (bicyclic) bond motifs is 7. The maximum absolute atomic E-state index is 6.44. The second-order valence-electron chi connectivity index (χ2n) is 15.7. The second-order valence-corrected chi connectivity index (χ2v) is 15.7. The minimum Gasteiger partial charge on any atom is -0.456 e. The number of para-hydroxylation sites is 3. The lowest BCUT2D eigenvalue weighted by Gasteiger charge is -2.31. The molecule has 0 unspecified atom stereocenters. The SMILES string of the molecule is CC1(C)c2ccccc2-c2c(-c3ccccc3N(c3cccc(-c4cccc5ccccc45)c3)c3ccccc3-c3ccc4c(c3)oc3ccccc34)cccc21. The molecule has 57 heavy (non-hydrogen) atoms. The molecule has 1 aromatic heterocycles. The molecule has 0 radical (unpaired) electrons. The molecule has 1 aliphatic carbocycles. The Labute approximate surface area is 332 Å². The van der Waals surface area contributed by atoms with Crippen LogP contribution in [-0.2, 0) is 5.41 Å². The summed E-state index contributed by atoms with van der Waals surface area (Å²) in [6, 6.07) is 72.7. The summed E-state index contributed by atoms with van der Waals surface area (Å²) in [5.74, 6) is 0. The number of hydrogen-bond acceptors (Lipinski definition) is 2.